The van der Waals surface area contributed by atoms with Gasteiger partial charge in [0.15, 0.2) is 0 Å². The minimum atomic E-state index is 0.690. The van der Waals surface area contributed by atoms with Crippen LogP contribution in [0, 0.1) is 0 Å². The smallest absolute Gasteiger partial charge is 0.209 e. The SMILES string of the molecule is c1ccc(CN2CN(Cc3ccco3)c3nc4ccccc4n3C2)nc1. The highest BCUT2D eigenvalue weighted by Gasteiger charge is 2.26. The number of hydrogen-bond acceptors (Lipinski definition) is 5. The Morgan fingerprint density at radius 2 is 1.85 bits per heavy atom. The maximum Gasteiger partial charge on any atom is 0.209 e. The lowest BCUT2D eigenvalue weighted by Crippen LogP contribution is -2.44. The molecule has 0 saturated carbocycles. The Labute approximate surface area is 151 Å². The number of benzene rings is 1. The fourth-order valence-electron chi connectivity index (χ4n) is 3.53. The summed E-state index contributed by atoms with van der Waals surface area (Å²) in [7, 11) is 0. The van der Waals surface area contributed by atoms with Crippen molar-refractivity contribution >= 4 is 17.0 Å². The zero-order valence-corrected chi connectivity index (χ0v) is 14.3. The Morgan fingerprint density at radius 1 is 0.923 bits per heavy atom. The number of aromatic nitrogens is 3. The molecular weight excluding hydrogens is 326 g/mol. The van der Waals surface area contributed by atoms with Gasteiger partial charge in [0, 0.05) is 12.7 Å². The third-order valence-corrected chi connectivity index (χ3v) is 4.67. The molecule has 0 aliphatic carbocycles. The summed E-state index contributed by atoms with van der Waals surface area (Å²) in [6, 6.07) is 18.3. The average molecular weight is 345 g/mol. The monoisotopic (exact) mass is 345 g/mol. The van der Waals surface area contributed by atoms with Gasteiger partial charge in [-0.2, -0.15) is 0 Å². The lowest BCUT2D eigenvalue weighted by atomic mass is 10.3. The van der Waals surface area contributed by atoms with Crippen molar-refractivity contribution in [3.63, 3.8) is 0 Å². The molecule has 130 valence electrons. The lowest BCUT2D eigenvalue weighted by molar-refractivity contribution is 0.186. The van der Waals surface area contributed by atoms with E-state index < -0.39 is 0 Å². The van der Waals surface area contributed by atoms with E-state index in [1.54, 1.807) is 6.26 Å². The number of rotatable bonds is 4. The van der Waals surface area contributed by atoms with Crippen LogP contribution in [0.4, 0.5) is 5.95 Å². The number of anilines is 1. The first-order valence-electron chi connectivity index (χ1n) is 8.72. The summed E-state index contributed by atoms with van der Waals surface area (Å²) in [5.41, 5.74) is 3.24. The molecule has 0 radical (unpaired) electrons. The first-order chi connectivity index (χ1) is 12.9. The quantitative estimate of drug-likeness (QED) is 0.567. The van der Waals surface area contributed by atoms with Gasteiger partial charge in [-0.05, 0) is 36.4 Å². The number of pyridine rings is 1. The van der Waals surface area contributed by atoms with Crippen LogP contribution in [0.5, 0.6) is 0 Å². The Balaban J connectivity index is 1.51. The summed E-state index contributed by atoms with van der Waals surface area (Å²) in [5, 5.41) is 0. The van der Waals surface area contributed by atoms with Crippen molar-refractivity contribution in [3.05, 3.63) is 78.5 Å². The number of nitrogens with zero attached hydrogens (tertiary/aromatic N) is 5. The van der Waals surface area contributed by atoms with Crippen LogP contribution in [0.3, 0.4) is 0 Å². The van der Waals surface area contributed by atoms with Gasteiger partial charge in [-0.25, -0.2) is 4.98 Å². The maximum atomic E-state index is 5.57. The fourth-order valence-corrected chi connectivity index (χ4v) is 3.53. The molecule has 0 atom stereocenters. The van der Waals surface area contributed by atoms with Crippen LogP contribution in [0.1, 0.15) is 11.5 Å². The van der Waals surface area contributed by atoms with Crippen LogP contribution in [0.2, 0.25) is 0 Å². The van der Waals surface area contributed by atoms with E-state index in [1.165, 1.54) is 0 Å². The molecule has 1 aliphatic rings. The summed E-state index contributed by atoms with van der Waals surface area (Å²) >= 11 is 0. The summed E-state index contributed by atoms with van der Waals surface area (Å²) in [6.07, 6.45) is 3.56. The van der Waals surface area contributed by atoms with Crippen LogP contribution >= 0.6 is 0 Å². The maximum absolute atomic E-state index is 5.57. The molecule has 1 aromatic carbocycles. The Bertz CT molecular complexity index is 1010. The molecule has 6 heteroatoms. The minimum Gasteiger partial charge on any atom is -0.467 e. The van der Waals surface area contributed by atoms with E-state index in [-0.39, 0.29) is 0 Å². The van der Waals surface area contributed by atoms with E-state index in [0.29, 0.717) is 6.54 Å². The summed E-state index contributed by atoms with van der Waals surface area (Å²) in [5.74, 6) is 1.92. The number of para-hydroxylation sites is 2. The lowest BCUT2D eigenvalue weighted by Gasteiger charge is -2.36. The molecule has 0 saturated heterocycles. The van der Waals surface area contributed by atoms with Crippen molar-refractivity contribution in [3.8, 4) is 0 Å². The van der Waals surface area contributed by atoms with Crippen molar-refractivity contribution in [1.82, 2.24) is 19.4 Å². The van der Waals surface area contributed by atoms with Crippen molar-refractivity contribution in [1.29, 1.82) is 0 Å². The second-order valence-electron chi connectivity index (χ2n) is 6.54. The molecule has 0 N–H and O–H groups in total. The Kier molecular flexibility index (Phi) is 3.68. The highest BCUT2D eigenvalue weighted by Crippen LogP contribution is 2.28. The van der Waals surface area contributed by atoms with Gasteiger partial charge in [-0.15, -0.1) is 0 Å². The van der Waals surface area contributed by atoms with Crippen molar-refractivity contribution in [2.24, 2.45) is 0 Å². The van der Waals surface area contributed by atoms with Gasteiger partial charge < -0.3 is 9.32 Å². The topological polar surface area (TPSA) is 50.3 Å². The van der Waals surface area contributed by atoms with Gasteiger partial charge in [-0.3, -0.25) is 14.5 Å². The summed E-state index contributed by atoms with van der Waals surface area (Å²) in [4.78, 5) is 14.0. The predicted octanol–water partition coefficient (Wildman–Crippen LogP) is 3.46. The van der Waals surface area contributed by atoms with Gasteiger partial charge >= 0.3 is 0 Å². The van der Waals surface area contributed by atoms with Gasteiger partial charge in [0.2, 0.25) is 5.95 Å². The van der Waals surface area contributed by atoms with Gasteiger partial charge in [0.05, 0.1) is 42.9 Å². The van der Waals surface area contributed by atoms with E-state index in [2.05, 4.69) is 43.6 Å². The normalized spacial score (nSPS) is 14.7. The standard InChI is InChI=1S/C20H19N5O/c1-2-9-19-18(8-1)22-20-24(13-17-7-5-11-26-17)14-23(15-25(19)20)12-16-6-3-4-10-21-16/h1-11H,12-15H2. The van der Waals surface area contributed by atoms with Crippen LogP contribution in [0.25, 0.3) is 11.0 Å². The molecule has 1 aliphatic heterocycles. The first kappa shape index (κ1) is 15.2. The molecule has 4 aromatic rings. The van der Waals surface area contributed by atoms with E-state index in [1.807, 2.05) is 36.5 Å². The third-order valence-electron chi connectivity index (χ3n) is 4.67. The summed E-state index contributed by atoms with van der Waals surface area (Å²) in [6.45, 7) is 3.05. The zero-order chi connectivity index (χ0) is 17.3. The fraction of sp³-hybridized carbons (Fsp3) is 0.200. The second kappa shape index (κ2) is 6.31. The average Bonchev–Trinajstić information content (AvgIpc) is 3.31. The van der Waals surface area contributed by atoms with Crippen LogP contribution in [0.15, 0.2) is 71.5 Å². The number of furan rings is 1. The highest BCUT2D eigenvalue weighted by atomic mass is 16.3. The predicted molar refractivity (Wildman–Crippen MR) is 99.3 cm³/mol. The van der Waals surface area contributed by atoms with E-state index in [9.17, 15) is 0 Å². The molecule has 3 aromatic heterocycles. The van der Waals surface area contributed by atoms with Gasteiger partial charge in [0.1, 0.15) is 5.76 Å². The molecule has 0 unspecified atom stereocenters. The molecule has 26 heavy (non-hydrogen) atoms. The van der Waals surface area contributed by atoms with Crippen molar-refractivity contribution < 1.29 is 4.42 Å². The second-order valence-corrected chi connectivity index (χ2v) is 6.54. The molecule has 0 fully saturated rings. The molecule has 0 bridgehead atoms. The van der Waals surface area contributed by atoms with Gasteiger partial charge in [-0.1, -0.05) is 18.2 Å². The van der Waals surface area contributed by atoms with Crippen LogP contribution in [-0.4, -0.2) is 26.1 Å². The minimum absolute atomic E-state index is 0.690. The summed E-state index contributed by atoms with van der Waals surface area (Å²) < 4.78 is 7.84. The number of hydrogen-bond donors (Lipinski definition) is 0. The van der Waals surface area contributed by atoms with Gasteiger partial charge in [0.25, 0.3) is 0 Å². The highest BCUT2D eigenvalue weighted by molar-refractivity contribution is 5.79. The number of fused-ring (bicyclic) bond motifs is 3. The number of imidazole rings is 1. The van der Waals surface area contributed by atoms with Crippen LogP contribution < -0.4 is 4.90 Å². The zero-order valence-electron chi connectivity index (χ0n) is 14.3. The molecule has 5 rings (SSSR count). The Morgan fingerprint density at radius 3 is 2.69 bits per heavy atom. The molecule has 0 spiro atoms. The van der Waals surface area contributed by atoms with Crippen molar-refractivity contribution in [2.75, 3.05) is 11.6 Å². The van der Waals surface area contributed by atoms with E-state index >= 15 is 0 Å². The van der Waals surface area contributed by atoms with Crippen LogP contribution in [-0.2, 0) is 19.8 Å². The van der Waals surface area contributed by atoms with Crippen molar-refractivity contribution in [2.45, 2.75) is 19.8 Å². The molecule has 4 heterocycles. The van der Waals surface area contributed by atoms with E-state index in [4.69, 9.17) is 9.40 Å². The third kappa shape index (κ3) is 2.74. The van der Waals surface area contributed by atoms with E-state index in [0.717, 1.165) is 48.3 Å². The Hall–Kier alpha value is -3.12. The first-order valence-corrected chi connectivity index (χ1v) is 8.72. The largest absolute Gasteiger partial charge is 0.467 e. The molecule has 0 amide bonds. The molecular formula is C20H19N5O. The molecule has 6 nitrogen and oxygen atoms in total.